The van der Waals surface area contributed by atoms with E-state index < -0.39 is 17.8 Å². The maximum Gasteiger partial charge on any atom is 0.306 e. The SMILES string of the molecule is CC(C(=O)O)C(C)C(=O)c1cc(Cl)c(Br)s1. The number of halogens is 2. The molecule has 0 radical (unpaired) electrons. The van der Waals surface area contributed by atoms with Gasteiger partial charge < -0.3 is 5.11 Å². The summed E-state index contributed by atoms with van der Waals surface area (Å²) in [5, 5.41) is 9.30. The van der Waals surface area contributed by atoms with Crippen molar-refractivity contribution in [2.75, 3.05) is 0 Å². The summed E-state index contributed by atoms with van der Waals surface area (Å²) < 4.78 is 0.688. The van der Waals surface area contributed by atoms with E-state index in [-0.39, 0.29) is 5.78 Å². The molecule has 0 aromatic carbocycles. The second-order valence-electron chi connectivity index (χ2n) is 3.51. The Morgan fingerprint density at radius 3 is 2.38 bits per heavy atom. The molecule has 1 aromatic heterocycles. The summed E-state index contributed by atoms with van der Waals surface area (Å²) in [5.41, 5.74) is 0. The molecule has 6 heteroatoms. The van der Waals surface area contributed by atoms with Gasteiger partial charge in [0.15, 0.2) is 5.78 Å². The Kier molecular flexibility index (Phi) is 4.52. The topological polar surface area (TPSA) is 54.4 Å². The van der Waals surface area contributed by atoms with E-state index >= 15 is 0 Å². The van der Waals surface area contributed by atoms with E-state index in [2.05, 4.69) is 15.9 Å². The Hall–Kier alpha value is -0.390. The minimum atomic E-state index is -0.970. The summed E-state index contributed by atoms with van der Waals surface area (Å²) in [6.45, 7) is 3.14. The lowest BCUT2D eigenvalue weighted by molar-refractivity contribution is -0.142. The number of hydrogen-bond donors (Lipinski definition) is 1. The van der Waals surface area contributed by atoms with Gasteiger partial charge in [0, 0.05) is 5.92 Å². The first-order valence-corrected chi connectivity index (χ1v) is 6.55. The van der Waals surface area contributed by atoms with Crippen molar-refractivity contribution in [3.05, 3.63) is 19.8 Å². The molecule has 1 heterocycles. The van der Waals surface area contributed by atoms with Crippen LogP contribution in [0.15, 0.2) is 9.85 Å². The molecule has 1 aromatic rings. The zero-order valence-electron chi connectivity index (χ0n) is 8.66. The van der Waals surface area contributed by atoms with Crippen LogP contribution in [0.25, 0.3) is 0 Å². The summed E-state index contributed by atoms with van der Waals surface area (Å²) in [6.07, 6.45) is 0. The molecular weight excluding hydrogens is 316 g/mol. The van der Waals surface area contributed by atoms with Gasteiger partial charge in [-0.05, 0) is 22.0 Å². The Labute approximate surface area is 111 Å². The van der Waals surface area contributed by atoms with Crippen LogP contribution < -0.4 is 0 Å². The Morgan fingerprint density at radius 2 is 2.00 bits per heavy atom. The average Bonchev–Trinajstić information content (AvgIpc) is 2.55. The maximum atomic E-state index is 11.9. The number of thiophene rings is 1. The zero-order chi connectivity index (χ0) is 12.5. The van der Waals surface area contributed by atoms with E-state index in [0.29, 0.717) is 13.7 Å². The Bertz CT molecular complexity index is 410. The van der Waals surface area contributed by atoms with E-state index in [9.17, 15) is 9.59 Å². The zero-order valence-corrected chi connectivity index (χ0v) is 11.8. The molecule has 16 heavy (non-hydrogen) atoms. The first kappa shape index (κ1) is 13.7. The third kappa shape index (κ3) is 2.84. The molecule has 0 saturated carbocycles. The monoisotopic (exact) mass is 324 g/mol. The van der Waals surface area contributed by atoms with Crippen molar-refractivity contribution in [1.29, 1.82) is 0 Å². The molecule has 0 saturated heterocycles. The van der Waals surface area contributed by atoms with E-state index in [4.69, 9.17) is 16.7 Å². The van der Waals surface area contributed by atoms with Crippen molar-refractivity contribution >= 4 is 50.6 Å². The highest BCUT2D eigenvalue weighted by atomic mass is 79.9. The number of carbonyl (C=O) groups is 2. The largest absolute Gasteiger partial charge is 0.481 e. The fourth-order valence-corrected chi connectivity index (χ4v) is 2.87. The number of carboxylic acid groups (broad SMARTS) is 1. The van der Waals surface area contributed by atoms with Gasteiger partial charge in [-0.1, -0.05) is 25.4 Å². The van der Waals surface area contributed by atoms with Crippen molar-refractivity contribution in [2.24, 2.45) is 11.8 Å². The highest BCUT2D eigenvalue weighted by Gasteiger charge is 2.27. The molecule has 3 nitrogen and oxygen atoms in total. The number of carbonyl (C=O) groups excluding carboxylic acids is 1. The third-order valence-corrected chi connectivity index (χ3v) is 4.93. The van der Waals surface area contributed by atoms with Crippen molar-refractivity contribution in [3.8, 4) is 0 Å². The molecule has 0 aliphatic heterocycles. The molecule has 88 valence electrons. The van der Waals surface area contributed by atoms with Crippen LogP contribution in [0.2, 0.25) is 5.02 Å². The molecule has 0 aliphatic rings. The number of hydrogen-bond acceptors (Lipinski definition) is 3. The van der Waals surface area contributed by atoms with Crippen LogP contribution in [0.1, 0.15) is 23.5 Å². The molecule has 0 aliphatic carbocycles. The van der Waals surface area contributed by atoms with E-state index in [1.54, 1.807) is 13.0 Å². The van der Waals surface area contributed by atoms with Crippen molar-refractivity contribution in [1.82, 2.24) is 0 Å². The molecule has 0 amide bonds. The molecule has 0 bridgehead atoms. The van der Waals surface area contributed by atoms with Crippen LogP contribution in [0.3, 0.4) is 0 Å². The molecular formula is C10H10BrClO3S. The van der Waals surface area contributed by atoms with Gasteiger partial charge in [-0.3, -0.25) is 9.59 Å². The quantitative estimate of drug-likeness (QED) is 0.859. The normalized spacial score (nSPS) is 14.5. The van der Waals surface area contributed by atoms with Gasteiger partial charge >= 0.3 is 5.97 Å². The first-order valence-electron chi connectivity index (χ1n) is 4.56. The first-order chi connectivity index (χ1) is 7.34. The Morgan fingerprint density at radius 1 is 1.44 bits per heavy atom. The highest BCUT2D eigenvalue weighted by Crippen LogP contribution is 2.34. The van der Waals surface area contributed by atoms with Crippen molar-refractivity contribution < 1.29 is 14.7 Å². The lowest BCUT2D eigenvalue weighted by atomic mass is 9.91. The van der Waals surface area contributed by atoms with Crippen molar-refractivity contribution in [3.63, 3.8) is 0 Å². The fraction of sp³-hybridized carbons (Fsp3) is 0.400. The van der Waals surface area contributed by atoms with E-state index in [0.717, 1.165) is 0 Å². The molecule has 1 N–H and O–H groups in total. The van der Waals surface area contributed by atoms with Gasteiger partial charge in [-0.15, -0.1) is 11.3 Å². The van der Waals surface area contributed by atoms with Gasteiger partial charge in [-0.25, -0.2) is 0 Å². The predicted octanol–water partition coefficient (Wildman–Crippen LogP) is 3.70. The predicted molar refractivity (Wildman–Crippen MR) is 67.3 cm³/mol. The molecule has 2 atom stereocenters. The van der Waals surface area contributed by atoms with Gasteiger partial charge in [-0.2, -0.15) is 0 Å². The number of aliphatic carboxylic acids is 1. The van der Waals surface area contributed by atoms with Gasteiger partial charge in [0.25, 0.3) is 0 Å². The second-order valence-corrected chi connectivity index (χ2v) is 6.29. The van der Waals surface area contributed by atoms with Crippen molar-refractivity contribution in [2.45, 2.75) is 13.8 Å². The minimum Gasteiger partial charge on any atom is -0.481 e. The molecule has 0 fully saturated rings. The summed E-state index contributed by atoms with van der Waals surface area (Å²) in [4.78, 5) is 23.2. The van der Waals surface area contributed by atoms with Crippen LogP contribution in [0, 0.1) is 11.8 Å². The minimum absolute atomic E-state index is 0.187. The molecule has 2 unspecified atom stereocenters. The summed E-state index contributed by atoms with van der Waals surface area (Å²) in [5.74, 6) is -2.42. The lowest BCUT2D eigenvalue weighted by Crippen LogP contribution is -2.24. The third-order valence-electron chi connectivity index (χ3n) is 2.44. The van der Waals surface area contributed by atoms with Gasteiger partial charge in [0.2, 0.25) is 0 Å². The highest BCUT2D eigenvalue weighted by molar-refractivity contribution is 9.11. The lowest BCUT2D eigenvalue weighted by Gasteiger charge is -2.13. The van der Waals surface area contributed by atoms with Crippen LogP contribution in [-0.4, -0.2) is 16.9 Å². The average molecular weight is 326 g/mol. The number of rotatable bonds is 4. The maximum absolute atomic E-state index is 11.9. The van der Waals surface area contributed by atoms with Crippen LogP contribution in [-0.2, 0) is 4.79 Å². The summed E-state index contributed by atoms with van der Waals surface area (Å²) >= 11 is 10.3. The molecule has 0 spiro atoms. The van der Waals surface area contributed by atoms with Crippen LogP contribution >= 0.6 is 38.9 Å². The standard InChI is InChI=1S/C10H10BrClO3S/c1-4(5(2)10(14)15)8(13)7-3-6(12)9(11)16-7/h3-5H,1-2H3,(H,14,15). The summed E-state index contributed by atoms with van der Waals surface area (Å²) in [6, 6.07) is 1.56. The Balaban J connectivity index is 2.90. The van der Waals surface area contributed by atoms with Gasteiger partial charge in [0.1, 0.15) is 0 Å². The van der Waals surface area contributed by atoms with Gasteiger partial charge in [0.05, 0.1) is 19.6 Å². The van der Waals surface area contributed by atoms with E-state index in [1.165, 1.54) is 18.3 Å². The van der Waals surface area contributed by atoms with Crippen LogP contribution in [0.4, 0.5) is 0 Å². The van der Waals surface area contributed by atoms with Crippen LogP contribution in [0.5, 0.6) is 0 Å². The summed E-state index contributed by atoms with van der Waals surface area (Å²) in [7, 11) is 0. The number of Topliss-reactive ketones (excluding diaryl/α,β-unsaturated/α-hetero) is 1. The number of carboxylic acids is 1. The number of ketones is 1. The van der Waals surface area contributed by atoms with E-state index in [1.807, 2.05) is 0 Å². The second kappa shape index (κ2) is 5.29. The fourth-order valence-electron chi connectivity index (χ4n) is 1.13. The smallest absolute Gasteiger partial charge is 0.306 e. The molecule has 1 rings (SSSR count).